The number of aliphatic carboxylic acids is 1. The standard InChI is InChI=1S/C5HF10NO2.Na/c6-2(7,1(17)18)3(8,9)16(4(10,11)12)5(13,14)15;/h(H,17,18);/q;+1/p-1. The fraction of sp³-hybridized carbons (Fsp3) is 0.800. The summed E-state index contributed by atoms with van der Waals surface area (Å²) in [6.45, 7) is 0. The van der Waals surface area contributed by atoms with E-state index in [1.807, 2.05) is 0 Å². The Labute approximate surface area is 119 Å². The second kappa shape index (κ2) is 5.61. The predicted octanol–water partition coefficient (Wildman–Crippen LogP) is -1.69. The number of halogens is 10. The topological polar surface area (TPSA) is 43.4 Å². The molecule has 0 N–H and O–H groups in total. The number of carboxylic acids is 1. The maximum absolute atomic E-state index is 12.4. The third kappa shape index (κ3) is 4.10. The van der Waals surface area contributed by atoms with Crippen LogP contribution in [0.15, 0.2) is 0 Å². The summed E-state index contributed by atoms with van der Waals surface area (Å²) in [6.07, 6.45) is -14.0. The maximum atomic E-state index is 12.4. The van der Waals surface area contributed by atoms with Gasteiger partial charge in [-0.05, 0) is 0 Å². The number of carboxylic acid groups (broad SMARTS) is 1. The molecule has 0 aromatic carbocycles. The summed E-state index contributed by atoms with van der Waals surface area (Å²) in [5, 5.41) is 9.52. The number of rotatable bonds is 3. The van der Waals surface area contributed by atoms with Crippen molar-refractivity contribution in [3.8, 4) is 0 Å². The number of carbonyl (C=O) groups is 1. The van der Waals surface area contributed by atoms with E-state index in [1.165, 1.54) is 0 Å². The zero-order valence-electron chi connectivity index (χ0n) is 8.54. The Morgan fingerprint density at radius 3 is 1.21 bits per heavy atom. The Morgan fingerprint density at radius 1 is 0.789 bits per heavy atom. The minimum atomic E-state index is -7.11. The molecule has 0 bridgehead atoms. The Hall–Kier alpha value is -0.270. The fourth-order valence-corrected chi connectivity index (χ4v) is 0.725. The predicted molar refractivity (Wildman–Crippen MR) is 28.9 cm³/mol. The number of alkyl halides is 10. The molecular weight excluding hydrogens is 319 g/mol. The Bertz CT molecular complexity index is 322. The van der Waals surface area contributed by atoms with Crippen LogP contribution in [-0.2, 0) is 4.79 Å². The molecule has 0 fully saturated rings. The van der Waals surface area contributed by atoms with Gasteiger partial charge in [0.2, 0.25) is 0 Å². The summed E-state index contributed by atoms with van der Waals surface area (Å²) < 4.78 is 119. The molecule has 19 heavy (non-hydrogen) atoms. The molecule has 0 aliphatic heterocycles. The molecule has 0 aliphatic carbocycles. The van der Waals surface area contributed by atoms with Gasteiger partial charge in [-0.25, -0.2) is 0 Å². The van der Waals surface area contributed by atoms with E-state index in [2.05, 4.69) is 0 Å². The van der Waals surface area contributed by atoms with Crippen LogP contribution in [0.5, 0.6) is 0 Å². The smallest absolute Gasteiger partial charge is 0.544 e. The summed E-state index contributed by atoms with van der Waals surface area (Å²) in [5.41, 5.74) is 0. The van der Waals surface area contributed by atoms with Crippen molar-refractivity contribution in [3.63, 3.8) is 0 Å². The first-order valence-electron chi connectivity index (χ1n) is 3.47. The number of hydrogen-bond acceptors (Lipinski definition) is 3. The molecule has 0 spiro atoms. The van der Waals surface area contributed by atoms with E-state index < -0.39 is 35.4 Å². The van der Waals surface area contributed by atoms with E-state index in [4.69, 9.17) is 0 Å². The second-order valence-electron chi connectivity index (χ2n) is 2.67. The third-order valence-corrected chi connectivity index (χ3v) is 1.42. The fourth-order valence-electron chi connectivity index (χ4n) is 0.725. The SMILES string of the molecule is O=C([O-])C(F)(F)C(F)(F)N(C(F)(F)F)C(F)(F)F.[Na+]. The van der Waals surface area contributed by atoms with Gasteiger partial charge in [0.15, 0.2) is 0 Å². The molecule has 0 amide bonds. The van der Waals surface area contributed by atoms with Crippen molar-refractivity contribution in [3.05, 3.63) is 0 Å². The molecule has 0 aromatic heterocycles. The van der Waals surface area contributed by atoms with E-state index in [1.54, 1.807) is 0 Å². The minimum Gasteiger partial charge on any atom is -0.544 e. The van der Waals surface area contributed by atoms with Crippen LogP contribution in [0, 0.1) is 0 Å². The van der Waals surface area contributed by atoms with Crippen LogP contribution in [0.25, 0.3) is 0 Å². The molecule has 0 atom stereocenters. The van der Waals surface area contributed by atoms with Gasteiger partial charge in [0.05, 0.1) is 0 Å². The average Bonchev–Trinajstić information content (AvgIpc) is 1.95. The Balaban J connectivity index is 0. The van der Waals surface area contributed by atoms with Crippen molar-refractivity contribution in [2.24, 2.45) is 0 Å². The zero-order chi connectivity index (χ0) is 15.2. The van der Waals surface area contributed by atoms with Gasteiger partial charge in [0.1, 0.15) is 5.97 Å². The van der Waals surface area contributed by atoms with Crippen molar-refractivity contribution in [1.82, 2.24) is 4.90 Å². The largest absolute Gasteiger partial charge is 1.00 e. The molecule has 108 valence electrons. The Morgan fingerprint density at radius 2 is 1.05 bits per heavy atom. The molecule has 0 rings (SSSR count). The third-order valence-electron chi connectivity index (χ3n) is 1.42. The first kappa shape index (κ1) is 21.0. The van der Waals surface area contributed by atoms with Crippen molar-refractivity contribution < 1.29 is 83.4 Å². The first-order valence-corrected chi connectivity index (χ1v) is 3.47. The number of nitrogens with zero attached hydrogens (tertiary/aromatic N) is 1. The van der Waals surface area contributed by atoms with Crippen molar-refractivity contribution in [2.75, 3.05) is 0 Å². The molecule has 0 radical (unpaired) electrons. The molecular formula is C5F10NNaO2. The van der Waals surface area contributed by atoms with Gasteiger partial charge < -0.3 is 9.90 Å². The van der Waals surface area contributed by atoms with Crippen LogP contribution in [0.3, 0.4) is 0 Å². The quantitative estimate of drug-likeness (QED) is 0.354. The summed E-state index contributed by atoms with van der Waals surface area (Å²) in [4.78, 5) is 5.71. The van der Waals surface area contributed by atoms with Gasteiger partial charge in [-0.15, -0.1) is 0 Å². The molecule has 0 saturated heterocycles. The summed E-state index contributed by atoms with van der Waals surface area (Å²) in [6, 6.07) is -7.11. The van der Waals surface area contributed by atoms with E-state index in [9.17, 15) is 53.8 Å². The van der Waals surface area contributed by atoms with Gasteiger partial charge in [-0.1, -0.05) is 4.90 Å². The normalized spacial score (nSPS) is 14.3. The average molecular weight is 319 g/mol. The zero-order valence-corrected chi connectivity index (χ0v) is 10.5. The summed E-state index contributed by atoms with van der Waals surface area (Å²) >= 11 is 0. The summed E-state index contributed by atoms with van der Waals surface area (Å²) in [5.74, 6) is -10.8. The Kier molecular flexibility index (Phi) is 6.22. The van der Waals surface area contributed by atoms with Crippen LogP contribution in [0.1, 0.15) is 0 Å². The van der Waals surface area contributed by atoms with Crippen LogP contribution in [0.4, 0.5) is 43.9 Å². The monoisotopic (exact) mass is 319 g/mol. The van der Waals surface area contributed by atoms with Crippen molar-refractivity contribution >= 4 is 5.97 Å². The van der Waals surface area contributed by atoms with Crippen LogP contribution >= 0.6 is 0 Å². The minimum absolute atomic E-state index is 0. The van der Waals surface area contributed by atoms with Crippen molar-refractivity contribution in [1.29, 1.82) is 0 Å². The van der Waals surface area contributed by atoms with Crippen LogP contribution in [0.2, 0.25) is 0 Å². The van der Waals surface area contributed by atoms with E-state index in [-0.39, 0.29) is 29.6 Å². The molecule has 0 heterocycles. The van der Waals surface area contributed by atoms with Crippen LogP contribution in [-0.4, -0.2) is 35.4 Å². The van der Waals surface area contributed by atoms with Gasteiger partial charge in [-0.3, -0.25) is 0 Å². The molecule has 0 unspecified atom stereocenters. The maximum Gasteiger partial charge on any atom is 1.00 e. The number of carbonyl (C=O) groups excluding carboxylic acids is 1. The van der Waals surface area contributed by atoms with Gasteiger partial charge in [0, 0.05) is 0 Å². The second-order valence-corrected chi connectivity index (χ2v) is 2.67. The van der Waals surface area contributed by atoms with Gasteiger partial charge in [-0.2, -0.15) is 43.9 Å². The van der Waals surface area contributed by atoms with Gasteiger partial charge in [0.25, 0.3) is 0 Å². The van der Waals surface area contributed by atoms with E-state index in [0.29, 0.717) is 0 Å². The molecule has 3 nitrogen and oxygen atoms in total. The summed E-state index contributed by atoms with van der Waals surface area (Å²) in [7, 11) is 0. The van der Waals surface area contributed by atoms with E-state index in [0.717, 1.165) is 0 Å². The van der Waals surface area contributed by atoms with Crippen molar-refractivity contribution in [2.45, 2.75) is 24.6 Å². The number of hydrogen-bond donors (Lipinski definition) is 0. The van der Waals surface area contributed by atoms with Gasteiger partial charge >= 0.3 is 54.1 Å². The molecule has 0 saturated carbocycles. The first-order chi connectivity index (χ1) is 7.56. The van der Waals surface area contributed by atoms with Crippen LogP contribution < -0.4 is 34.7 Å². The molecule has 0 aliphatic rings. The molecule has 0 aromatic rings. The molecule has 14 heteroatoms. The van der Waals surface area contributed by atoms with E-state index >= 15 is 0 Å².